The summed E-state index contributed by atoms with van der Waals surface area (Å²) in [6.07, 6.45) is 1.00. The lowest BCUT2D eigenvalue weighted by atomic mass is 10.2. The van der Waals surface area contributed by atoms with E-state index in [1.807, 2.05) is 0 Å². The standard InChI is InChI=1S/C8H4F3NO2/c9-5-3-7(10)6(8(11)4-5)1-2-12(13)14/h1-4H/b2-1+. The Labute approximate surface area is 76.6 Å². The Kier molecular flexibility index (Phi) is 2.85. The average Bonchev–Trinajstić information content (AvgIpc) is 2.01. The van der Waals surface area contributed by atoms with Crippen molar-refractivity contribution in [3.8, 4) is 0 Å². The first-order valence-electron chi connectivity index (χ1n) is 3.47. The third kappa shape index (κ3) is 2.32. The summed E-state index contributed by atoms with van der Waals surface area (Å²) in [4.78, 5) is 8.99. The largest absolute Gasteiger partial charge is 0.259 e. The maximum absolute atomic E-state index is 12.8. The Bertz CT molecular complexity index is 381. The molecule has 0 aromatic heterocycles. The maximum Gasteiger partial charge on any atom is 0.235 e. The van der Waals surface area contributed by atoms with E-state index in [9.17, 15) is 23.3 Å². The molecule has 0 unspecified atom stereocenters. The lowest BCUT2D eigenvalue weighted by molar-refractivity contribution is -0.401. The summed E-state index contributed by atoms with van der Waals surface area (Å²) in [7, 11) is 0. The zero-order chi connectivity index (χ0) is 10.7. The molecule has 74 valence electrons. The third-order valence-electron chi connectivity index (χ3n) is 1.41. The van der Waals surface area contributed by atoms with Gasteiger partial charge in [-0.25, -0.2) is 13.2 Å². The molecule has 3 nitrogen and oxygen atoms in total. The SMILES string of the molecule is O=[N+]([O-])/C=C/c1c(F)cc(F)cc1F. The van der Waals surface area contributed by atoms with E-state index in [-0.39, 0.29) is 0 Å². The van der Waals surface area contributed by atoms with Gasteiger partial charge in [0.15, 0.2) is 0 Å². The molecule has 0 atom stereocenters. The predicted octanol–water partition coefficient (Wildman–Crippen LogP) is 2.35. The Morgan fingerprint density at radius 3 is 2.14 bits per heavy atom. The molecule has 0 saturated heterocycles. The van der Waals surface area contributed by atoms with E-state index in [0.29, 0.717) is 24.4 Å². The quantitative estimate of drug-likeness (QED) is 0.546. The van der Waals surface area contributed by atoms with Crippen LogP contribution in [0.4, 0.5) is 13.2 Å². The molecule has 0 spiro atoms. The van der Waals surface area contributed by atoms with Gasteiger partial charge in [0.2, 0.25) is 6.20 Å². The molecular weight excluding hydrogens is 199 g/mol. The number of nitro groups is 1. The Balaban J connectivity index is 3.15. The van der Waals surface area contributed by atoms with Crippen molar-refractivity contribution in [2.75, 3.05) is 0 Å². The summed E-state index contributed by atoms with van der Waals surface area (Å²) in [5.41, 5.74) is -0.636. The number of hydrogen-bond donors (Lipinski definition) is 0. The molecule has 0 aliphatic carbocycles. The van der Waals surface area contributed by atoms with Gasteiger partial charge in [-0.3, -0.25) is 10.1 Å². The second-order valence-corrected chi connectivity index (χ2v) is 2.38. The van der Waals surface area contributed by atoms with Crippen LogP contribution >= 0.6 is 0 Å². The highest BCUT2D eigenvalue weighted by Crippen LogP contribution is 2.15. The van der Waals surface area contributed by atoms with Gasteiger partial charge in [-0.05, 0) is 0 Å². The number of nitrogens with zero attached hydrogens (tertiary/aromatic N) is 1. The molecule has 0 heterocycles. The topological polar surface area (TPSA) is 43.1 Å². The van der Waals surface area contributed by atoms with Crippen LogP contribution in [0.15, 0.2) is 18.3 Å². The van der Waals surface area contributed by atoms with Crippen molar-refractivity contribution < 1.29 is 18.1 Å². The third-order valence-corrected chi connectivity index (χ3v) is 1.41. The molecule has 0 radical (unpaired) electrons. The van der Waals surface area contributed by atoms with Crippen molar-refractivity contribution in [3.05, 3.63) is 51.5 Å². The average molecular weight is 203 g/mol. The first kappa shape index (κ1) is 10.2. The Morgan fingerprint density at radius 2 is 1.71 bits per heavy atom. The van der Waals surface area contributed by atoms with E-state index in [2.05, 4.69) is 0 Å². The molecule has 0 saturated carbocycles. The van der Waals surface area contributed by atoms with E-state index in [4.69, 9.17) is 0 Å². The van der Waals surface area contributed by atoms with Crippen molar-refractivity contribution in [2.24, 2.45) is 0 Å². The molecule has 0 N–H and O–H groups in total. The van der Waals surface area contributed by atoms with Crippen molar-refractivity contribution in [3.63, 3.8) is 0 Å². The van der Waals surface area contributed by atoms with E-state index in [1.54, 1.807) is 0 Å². The van der Waals surface area contributed by atoms with Crippen LogP contribution in [0.25, 0.3) is 6.08 Å². The number of hydrogen-bond acceptors (Lipinski definition) is 2. The normalized spacial score (nSPS) is 10.8. The van der Waals surface area contributed by atoms with Gasteiger partial charge in [-0.2, -0.15) is 0 Å². The fourth-order valence-corrected chi connectivity index (χ4v) is 0.848. The van der Waals surface area contributed by atoms with E-state index in [0.717, 1.165) is 0 Å². The molecule has 6 heteroatoms. The highest BCUT2D eigenvalue weighted by molar-refractivity contribution is 5.49. The predicted molar refractivity (Wildman–Crippen MR) is 42.3 cm³/mol. The van der Waals surface area contributed by atoms with Gasteiger partial charge < -0.3 is 0 Å². The summed E-state index contributed by atoms with van der Waals surface area (Å²) in [5, 5.41) is 9.86. The molecule has 0 fully saturated rings. The fraction of sp³-hybridized carbons (Fsp3) is 0. The number of halogens is 3. The Morgan fingerprint density at radius 1 is 1.21 bits per heavy atom. The summed E-state index contributed by atoms with van der Waals surface area (Å²) < 4.78 is 38.0. The first-order valence-corrected chi connectivity index (χ1v) is 3.47. The van der Waals surface area contributed by atoms with Crippen LogP contribution < -0.4 is 0 Å². The molecule has 1 aromatic carbocycles. The highest BCUT2D eigenvalue weighted by atomic mass is 19.1. The maximum atomic E-state index is 12.8. The first-order chi connectivity index (χ1) is 6.50. The monoisotopic (exact) mass is 203 g/mol. The molecule has 0 aliphatic rings. The second kappa shape index (κ2) is 3.91. The lowest BCUT2D eigenvalue weighted by Gasteiger charge is -1.97. The van der Waals surface area contributed by atoms with Crippen molar-refractivity contribution in [2.45, 2.75) is 0 Å². The van der Waals surface area contributed by atoms with Crippen molar-refractivity contribution in [1.82, 2.24) is 0 Å². The van der Waals surface area contributed by atoms with Crippen LogP contribution in [-0.2, 0) is 0 Å². The van der Waals surface area contributed by atoms with Crippen LogP contribution in [0.5, 0.6) is 0 Å². The number of rotatable bonds is 2. The molecule has 0 bridgehead atoms. The van der Waals surface area contributed by atoms with Crippen LogP contribution in [0.3, 0.4) is 0 Å². The number of benzene rings is 1. The van der Waals surface area contributed by atoms with Gasteiger partial charge in [-0.15, -0.1) is 0 Å². The summed E-state index contributed by atoms with van der Waals surface area (Å²) in [6, 6.07) is 0.894. The van der Waals surface area contributed by atoms with Crippen LogP contribution in [0, 0.1) is 27.6 Å². The summed E-state index contributed by atoms with van der Waals surface area (Å²) in [5.74, 6) is -3.43. The zero-order valence-corrected chi connectivity index (χ0v) is 6.71. The second-order valence-electron chi connectivity index (χ2n) is 2.38. The van der Waals surface area contributed by atoms with E-state index >= 15 is 0 Å². The minimum Gasteiger partial charge on any atom is -0.259 e. The summed E-state index contributed by atoms with van der Waals surface area (Å²) in [6.45, 7) is 0. The molecular formula is C8H4F3NO2. The lowest BCUT2D eigenvalue weighted by Crippen LogP contribution is -1.92. The van der Waals surface area contributed by atoms with Gasteiger partial charge in [0.25, 0.3) is 0 Å². The zero-order valence-electron chi connectivity index (χ0n) is 6.71. The highest BCUT2D eigenvalue weighted by Gasteiger charge is 2.09. The molecule has 14 heavy (non-hydrogen) atoms. The van der Waals surface area contributed by atoms with Gasteiger partial charge >= 0.3 is 0 Å². The fourth-order valence-electron chi connectivity index (χ4n) is 0.848. The van der Waals surface area contributed by atoms with Gasteiger partial charge in [-0.1, -0.05) is 0 Å². The van der Waals surface area contributed by atoms with Crippen molar-refractivity contribution in [1.29, 1.82) is 0 Å². The van der Waals surface area contributed by atoms with Crippen molar-refractivity contribution >= 4 is 6.08 Å². The van der Waals surface area contributed by atoms with E-state index < -0.39 is 27.9 Å². The minimum atomic E-state index is -1.18. The molecule has 0 aliphatic heterocycles. The van der Waals surface area contributed by atoms with Crippen LogP contribution in [0.1, 0.15) is 5.56 Å². The van der Waals surface area contributed by atoms with Gasteiger partial charge in [0.05, 0.1) is 10.5 Å². The van der Waals surface area contributed by atoms with Gasteiger partial charge in [0, 0.05) is 18.2 Å². The van der Waals surface area contributed by atoms with Gasteiger partial charge in [0.1, 0.15) is 17.5 Å². The molecule has 0 amide bonds. The smallest absolute Gasteiger partial charge is 0.235 e. The Hall–Kier alpha value is -1.85. The van der Waals surface area contributed by atoms with E-state index in [1.165, 1.54) is 0 Å². The molecule has 1 rings (SSSR count). The summed E-state index contributed by atoms with van der Waals surface area (Å²) >= 11 is 0. The van der Waals surface area contributed by atoms with Crippen LogP contribution in [-0.4, -0.2) is 4.92 Å². The minimum absolute atomic E-state index is 0.374. The van der Waals surface area contributed by atoms with Crippen LogP contribution in [0.2, 0.25) is 0 Å². The molecule has 1 aromatic rings.